The second kappa shape index (κ2) is 6.43. The van der Waals surface area contributed by atoms with E-state index in [0.29, 0.717) is 13.2 Å². The summed E-state index contributed by atoms with van der Waals surface area (Å²) in [6.45, 7) is 3.34. The molecular weight excluding hydrogens is 260 g/mol. The molecule has 1 heterocycles. The molecule has 5 heteroatoms. The fourth-order valence-corrected chi connectivity index (χ4v) is 2.11. The van der Waals surface area contributed by atoms with E-state index in [-0.39, 0.29) is 5.92 Å². The standard InChI is InChI=1S/C14H18N2O2S/c1-10(12(15-2)8-16-9-19)11-3-4-13-14(7-11)18-6-5-17-13/h3-4,7-10,15H,5-6H2,1-2H3,(H,16,19)/b12-8-. The molecule has 19 heavy (non-hydrogen) atoms. The van der Waals surface area contributed by atoms with Crippen LogP contribution in [0.1, 0.15) is 18.4 Å². The van der Waals surface area contributed by atoms with E-state index in [9.17, 15) is 0 Å². The molecule has 0 amide bonds. The molecule has 0 radical (unpaired) electrons. The summed E-state index contributed by atoms with van der Waals surface area (Å²) < 4.78 is 11.1. The molecule has 0 fully saturated rings. The maximum absolute atomic E-state index is 5.61. The SMILES string of the molecule is CN/C(=C\NC=S)C(C)c1ccc2c(c1)OCCO2. The van der Waals surface area contributed by atoms with Gasteiger partial charge in [0.25, 0.3) is 0 Å². The topological polar surface area (TPSA) is 42.5 Å². The van der Waals surface area contributed by atoms with Crippen LogP contribution < -0.4 is 20.1 Å². The van der Waals surface area contributed by atoms with Gasteiger partial charge in [-0.15, -0.1) is 0 Å². The molecule has 0 aromatic heterocycles. The summed E-state index contributed by atoms with van der Waals surface area (Å²) >= 11 is 4.76. The molecular formula is C14H18N2O2S. The van der Waals surface area contributed by atoms with Gasteiger partial charge in [-0.25, -0.2) is 0 Å². The van der Waals surface area contributed by atoms with E-state index in [2.05, 4.69) is 23.6 Å². The number of hydrogen-bond donors (Lipinski definition) is 2. The highest BCUT2D eigenvalue weighted by Gasteiger charge is 2.16. The first-order valence-electron chi connectivity index (χ1n) is 6.23. The van der Waals surface area contributed by atoms with Gasteiger partial charge in [-0.1, -0.05) is 25.2 Å². The fourth-order valence-electron chi connectivity index (χ4n) is 2.05. The van der Waals surface area contributed by atoms with Crippen LogP contribution in [-0.4, -0.2) is 25.8 Å². The Bertz CT molecular complexity index is 488. The van der Waals surface area contributed by atoms with E-state index >= 15 is 0 Å². The van der Waals surface area contributed by atoms with Gasteiger partial charge < -0.3 is 20.1 Å². The smallest absolute Gasteiger partial charge is 0.161 e. The van der Waals surface area contributed by atoms with Crippen LogP contribution in [0.2, 0.25) is 0 Å². The number of thiocarbonyl (C=S) groups is 1. The lowest BCUT2D eigenvalue weighted by molar-refractivity contribution is 0.171. The van der Waals surface area contributed by atoms with Crippen molar-refractivity contribution in [2.75, 3.05) is 20.3 Å². The second-order valence-corrected chi connectivity index (χ2v) is 4.49. The summed E-state index contributed by atoms with van der Waals surface area (Å²) in [7, 11) is 1.89. The number of allylic oxidation sites excluding steroid dienone is 1. The highest BCUT2D eigenvalue weighted by molar-refractivity contribution is 7.78. The molecule has 4 nitrogen and oxygen atoms in total. The van der Waals surface area contributed by atoms with Gasteiger partial charge >= 0.3 is 0 Å². The number of fused-ring (bicyclic) bond motifs is 1. The quantitative estimate of drug-likeness (QED) is 0.808. The maximum atomic E-state index is 5.61. The van der Waals surface area contributed by atoms with Crippen LogP contribution >= 0.6 is 12.2 Å². The van der Waals surface area contributed by atoms with E-state index < -0.39 is 0 Å². The predicted molar refractivity (Wildman–Crippen MR) is 79.8 cm³/mol. The van der Waals surface area contributed by atoms with Gasteiger partial charge in [0.2, 0.25) is 0 Å². The highest BCUT2D eigenvalue weighted by atomic mass is 32.1. The van der Waals surface area contributed by atoms with Gasteiger partial charge in [0.15, 0.2) is 11.5 Å². The third-order valence-electron chi connectivity index (χ3n) is 3.13. The van der Waals surface area contributed by atoms with E-state index in [1.165, 1.54) is 5.49 Å². The Morgan fingerprint density at radius 2 is 2.05 bits per heavy atom. The van der Waals surface area contributed by atoms with Crippen LogP contribution in [0.25, 0.3) is 0 Å². The number of likely N-dealkylation sites (N-methyl/N-ethyl adjacent to an activating group) is 1. The van der Waals surface area contributed by atoms with Crippen LogP contribution in [0.3, 0.4) is 0 Å². The minimum absolute atomic E-state index is 0.211. The van der Waals surface area contributed by atoms with Crippen molar-refractivity contribution in [3.63, 3.8) is 0 Å². The van der Waals surface area contributed by atoms with Crippen molar-refractivity contribution in [2.45, 2.75) is 12.8 Å². The first-order chi connectivity index (χ1) is 9.26. The Morgan fingerprint density at radius 1 is 1.32 bits per heavy atom. The Hall–Kier alpha value is -1.75. The molecule has 0 saturated heterocycles. The molecule has 1 atom stereocenters. The Kier molecular flexibility index (Phi) is 4.63. The second-order valence-electron chi connectivity index (χ2n) is 4.26. The van der Waals surface area contributed by atoms with Gasteiger partial charge in [0, 0.05) is 24.9 Å². The third kappa shape index (κ3) is 3.17. The minimum Gasteiger partial charge on any atom is -0.486 e. The van der Waals surface area contributed by atoms with Gasteiger partial charge in [-0.2, -0.15) is 0 Å². The number of rotatable bonds is 5. The third-order valence-corrected chi connectivity index (χ3v) is 3.26. The summed E-state index contributed by atoms with van der Waals surface area (Å²) in [6, 6.07) is 6.04. The molecule has 0 spiro atoms. The van der Waals surface area contributed by atoms with Crippen molar-refractivity contribution >= 4 is 17.7 Å². The van der Waals surface area contributed by atoms with Crippen LogP contribution in [0.4, 0.5) is 0 Å². The number of benzene rings is 1. The fraction of sp³-hybridized carbons (Fsp3) is 0.357. The van der Waals surface area contributed by atoms with Crippen LogP contribution in [0.5, 0.6) is 11.5 Å². The molecule has 2 rings (SSSR count). The zero-order valence-corrected chi connectivity index (χ0v) is 11.9. The summed E-state index contributed by atoms with van der Waals surface area (Å²) in [5.74, 6) is 1.84. The first kappa shape index (κ1) is 13.7. The van der Waals surface area contributed by atoms with Crippen molar-refractivity contribution in [1.29, 1.82) is 0 Å². The lowest BCUT2D eigenvalue weighted by atomic mass is 9.97. The normalized spacial score (nSPS) is 15.6. The Morgan fingerprint density at radius 3 is 2.74 bits per heavy atom. The predicted octanol–water partition coefficient (Wildman–Crippen LogP) is 2.17. The zero-order chi connectivity index (χ0) is 13.7. The molecule has 102 valence electrons. The molecule has 0 saturated carbocycles. The van der Waals surface area contributed by atoms with Gasteiger partial charge in [0.1, 0.15) is 13.2 Å². The van der Waals surface area contributed by atoms with E-state index in [1.807, 2.05) is 25.4 Å². The Balaban J connectivity index is 2.22. The molecule has 1 aromatic rings. The van der Waals surface area contributed by atoms with Gasteiger partial charge in [-0.3, -0.25) is 0 Å². The average Bonchev–Trinajstić information content (AvgIpc) is 2.47. The van der Waals surface area contributed by atoms with Crippen molar-refractivity contribution in [3.8, 4) is 11.5 Å². The summed E-state index contributed by atoms with van der Waals surface area (Å²) in [6.07, 6.45) is 1.87. The molecule has 2 N–H and O–H groups in total. The van der Waals surface area contributed by atoms with Crippen LogP contribution in [0, 0.1) is 0 Å². The molecule has 0 aliphatic carbocycles. The average molecular weight is 278 g/mol. The van der Waals surface area contributed by atoms with Crippen molar-refractivity contribution in [3.05, 3.63) is 35.7 Å². The van der Waals surface area contributed by atoms with E-state index in [1.54, 1.807) is 0 Å². The summed E-state index contributed by atoms with van der Waals surface area (Å²) in [4.78, 5) is 0. The van der Waals surface area contributed by atoms with Crippen LogP contribution in [-0.2, 0) is 0 Å². The monoisotopic (exact) mass is 278 g/mol. The molecule has 1 aliphatic heterocycles. The van der Waals surface area contributed by atoms with E-state index in [4.69, 9.17) is 21.7 Å². The zero-order valence-electron chi connectivity index (χ0n) is 11.1. The van der Waals surface area contributed by atoms with E-state index in [0.717, 1.165) is 22.8 Å². The van der Waals surface area contributed by atoms with Gasteiger partial charge in [0.05, 0.1) is 5.49 Å². The lowest BCUT2D eigenvalue weighted by Crippen LogP contribution is -2.18. The highest BCUT2D eigenvalue weighted by Crippen LogP contribution is 2.34. The lowest BCUT2D eigenvalue weighted by Gasteiger charge is -2.21. The first-order valence-corrected chi connectivity index (χ1v) is 6.70. The number of hydrogen-bond acceptors (Lipinski definition) is 4. The largest absolute Gasteiger partial charge is 0.486 e. The van der Waals surface area contributed by atoms with Crippen molar-refractivity contribution < 1.29 is 9.47 Å². The maximum Gasteiger partial charge on any atom is 0.161 e. The van der Waals surface area contributed by atoms with Gasteiger partial charge in [-0.05, 0) is 17.7 Å². The van der Waals surface area contributed by atoms with Crippen LogP contribution in [0.15, 0.2) is 30.1 Å². The Labute approximate surface area is 118 Å². The van der Waals surface area contributed by atoms with Crippen molar-refractivity contribution in [2.24, 2.45) is 0 Å². The molecule has 1 unspecified atom stereocenters. The van der Waals surface area contributed by atoms with Crippen molar-refractivity contribution in [1.82, 2.24) is 10.6 Å². The minimum atomic E-state index is 0.211. The molecule has 1 aromatic carbocycles. The number of nitrogens with one attached hydrogen (secondary N) is 2. The molecule has 1 aliphatic rings. The summed E-state index contributed by atoms with van der Waals surface area (Å²) in [5.41, 5.74) is 3.70. The number of ether oxygens (including phenoxy) is 2. The summed E-state index contributed by atoms with van der Waals surface area (Å²) in [5, 5.41) is 6.10. The molecule has 0 bridgehead atoms.